The number of rotatable bonds is 29. The Morgan fingerprint density at radius 3 is 1.83 bits per heavy atom. The molecular formula is C67H77N11O14S2. The van der Waals surface area contributed by atoms with E-state index in [4.69, 9.17) is 35.1 Å². The van der Waals surface area contributed by atoms with Crippen LogP contribution in [-0.4, -0.2) is 149 Å². The molecule has 0 bridgehead atoms. The van der Waals surface area contributed by atoms with Crippen LogP contribution in [0.25, 0.3) is 22.3 Å². The van der Waals surface area contributed by atoms with E-state index >= 15 is 0 Å². The summed E-state index contributed by atoms with van der Waals surface area (Å²) in [6.45, 7) is 9.62. The number of anilines is 3. The van der Waals surface area contributed by atoms with Crippen LogP contribution in [0.1, 0.15) is 57.0 Å². The smallest absolute Gasteiger partial charge is 0.418 e. The number of aryl methyl sites for hydroxylation is 1. The number of hydrogen-bond donors (Lipinski definition) is 8. The van der Waals surface area contributed by atoms with E-state index in [0.29, 0.717) is 42.0 Å². The zero-order chi connectivity index (χ0) is 67.6. The van der Waals surface area contributed by atoms with Gasteiger partial charge in [0.25, 0.3) is 17.6 Å². The molecule has 0 radical (unpaired) electrons. The highest BCUT2D eigenvalue weighted by Crippen LogP contribution is 2.41. The Bertz CT molecular complexity index is 3830. The molecule has 1 saturated heterocycles. The largest absolute Gasteiger partial charge is 0.530 e. The maximum Gasteiger partial charge on any atom is 0.418 e. The molecule has 0 aliphatic carbocycles. The number of carbonyl (C=O) groups is 3. The average molecular weight is 1320 g/mol. The van der Waals surface area contributed by atoms with Crippen molar-refractivity contribution in [1.29, 1.82) is 0 Å². The number of nitrogens with one attached hydrogen (secondary N) is 3. The summed E-state index contributed by atoms with van der Waals surface area (Å²) in [6.07, 6.45) is 0.659. The molecule has 1 aliphatic rings. The monoisotopic (exact) mass is 1320 g/mol. The molecule has 27 heteroatoms. The Morgan fingerprint density at radius 1 is 0.798 bits per heavy atom. The molecule has 1 aliphatic heterocycles. The molecule has 94 heavy (non-hydrogen) atoms. The summed E-state index contributed by atoms with van der Waals surface area (Å²) in [5.74, 6) is 0.856. The highest BCUT2D eigenvalue weighted by Gasteiger charge is 2.58. The van der Waals surface area contributed by atoms with Crippen molar-refractivity contribution in [2.24, 2.45) is 17.9 Å². The Balaban J connectivity index is 0.000000241. The SMILES string of the molecule is CC(C)(C)N(CCNc1ccc(-c2ccc(OC[C@@H](O)COC(c3ccccc3)(c3ccccc3)c3ccccc3)cc2)cn1)C(=O)[O-].C[n+]1cc(-c2ccc(OC[C@@H](CO)O/N=C(\C(=O)N[C@@H]3C(=O)N(OS(=O)(=O)O)C3(C)C)c3csc(N)n3)cc2)ccc1NCCN. The van der Waals surface area contributed by atoms with E-state index in [2.05, 4.69) is 35.4 Å². The van der Waals surface area contributed by atoms with Gasteiger partial charge in [-0.05, 0) is 105 Å². The fraction of sp³-hybridized carbons (Fsp3) is 0.299. The van der Waals surface area contributed by atoms with Gasteiger partial charge in [-0.15, -0.1) is 15.6 Å². The minimum absolute atomic E-state index is 0.0282. The number of nitrogens with two attached hydrogens (primary N) is 2. The van der Waals surface area contributed by atoms with Crippen molar-refractivity contribution in [2.45, 2.75) is 69.5 Å². The van der Waals surface area contributed by atoms with Crippen LogP contribution in [0.4, 0.5) is 21.6 Å². The molecule has 4 heterocycles. The van der Waals surface area contributed by atoms with Crippen LogP contribution in [0.2, 0.25) is 0 Å². The Morgan fingerprint density at radius 2 is 1.35 bits per heavy atom. The van der Waals surface area contributed by atoms with Crippen LogP contribution in [0.5, 0.6) is 11.5 Å². The van der Waals surface area contributed by atoms with Gasteiger partial charge in [0.15, 0.2) is 16.9 Å². The molecule has 10 N–H and O–H groups in total. The van der Waals surface area contributed by atoms with Gasteiger partial charge in [-0.1, -0.05) is 120 Å². The number of hydroxylamine groups is 2. The van der Waals surface area contributed by atoms with Gasteiger partial charge >= 0.3 is 10.4 Å². The van der Waals surface area contributed by atoms with Gasteiger partial charge in [0.05, 0.1) is 38.5 Å². The van der Waals surface area contributed by atoms with Gasteiger partial charge in [-0.25, -0.2) is 14.5 Å². The average Bonchev–Trinajstić information content (AvgIpc) is 0.760. The van der Waals surface area contributed by atoms with Crippen molar-refractivity contribution in [2.75, 3.05) is 69.0 Å². The number of aromatic nitrogens is 3. The fourth-order valence-corrected chi connectivity index (χ4v) is 11.0. The van der Waals surface area contributed by atoms with Crippen LogP contribution in [0, 0.1) is 0 Å². The Hall–Kier alpha value is -9.58. The number of nitrogen functional groups attached to an aromatic ring is 1. The number of β-lactam (4-membered cyclic amide) rings is 1. The van der Waals surface area contributed by atoms with Crippen LogP contribution < -0.4 is 46.6 Å². The molecule has 0 spiro atoms. The van der Waals surface area contributed by atoms with E-state index in [-0.39, 0.29) is 42.9 Å². The van der Waals surface area contributed by atoms with Crippen molar-refractivity contribution in [3.05, 3.63) is 204 Å². The van der Waals surface area contributed by atoms with Gasteiger partial charge in [-0.3, -0.25) is 19.5 Å². The number of nitrogens with zero attached hydrogens (tertiary/aromatic N) is 6. The molecule has 1 fully saturated rings. The summed E-state index contributed by atoms with van der Waals surface area (Å²) in [4.78, 5) is 52.4. The minimum atomic E-state index is -4.98. The van der Waals surface area contributed by atoms with Crippen molar-refractivity contribution in [3.63, 3.8) is 0 Å². The molecule has 5 aromatic carbocycles. The number of benzene rings is 5. The predicted molar refractivity (Wildman–Crippen MR) is 353 cm³/mol. The molecular weight excluding hydrogens is 1250 g/mol. The van der Waals surface area contributed by atoms with Crippen LogP contribution in [0.3, 0.4) is 0 Å². The standard InChI is InChI=1S/C40H43N3O5.C27H34N8O9S2/c1-39(2,3)43(38(45)46)26-25-41-37-24-21-31(27-42-37)30-19-22-36(23-20-30)47-28-35(44)29-48-40(32-13-7-4-8-14-32,33-15-9-5-10-16-33)34-17-11-6-12-18-34;1-27(2)23(25(38)35(27)44-46(39,40)41)32-24(37)22(20-15-45-26(29)31-20)33-43-19(13-36)14-42-18-7-4-16(5-8-18)17-6-9-21(30-11-10-28)34(3)12-17/h4-24,27,35,44H,25-26,28-29H2,1-3H3,(H,41,42)(H,45,46);4-9,12,15,19,23,36H,10-11,13-14,28H2,1-3H3,(H4,29,31,32,37,39,40,41)/b;33-22-/t35-;19-,23-/m11/s1. The lowest BCUT2D eigenvalue weighted by atomic mass is 9.80. The van der Waals surface area contributed by atoms with Gasteiger partial charge in [0.2, 0.25) is 0 Å². The number of ether oxygens (including phenoxy) is 3. The van der Waals surface area contributed by atoms with Gasteiger partial charge in [0.1, 0.15) is 60.1 Å². The molecule has 0 unspecified atom stereocenters. The summed E-state index contributed by atoms with van der Waals surface area (Å²) < 4.78 is 55.8. The van der Waals surface area contributed by atoms with E-state index in [1.807, 2.05) is 190 Å². The number of pyridine rings is 2. The van der Waals surface area contributed by atoms with E-state index in [1.165, 1.54) is 24.1 Å². The van der Waals surface area contributed by atoms with Gasteiger partial charge in [0, 0.05) is 53.9 Å². The third-order valence-electron chi connectivity index (χ3n) is 14.9. The van der Waals surface area contributed by atoms with Crippen LogP contribution >= 0.6 is 11.3 Å². The summed E-state index contributed by atoms with van der Waals surface area (Å²) in [5.41, 5.74) is 14.8. The second kappa shape index (κ2) is 31.8. The van der Waals surface area contributed by atoms with E-state index in [9.17, 15) is 38.1 Å². The third kappa shape index (κ3) is 18.4. The first-order valence-electron chi connectivity index (χ1n) is 29.9. The maximum absolute atomic E-state index is 13.2. The van der Waals surface area contributed by atoms with E-state index in [0.717, 1.165) is 56.1 Å². The third-order valence-corrected chi connectivity index (χ3v) is 15.9. The first-order valence-corrected chi connectivity index (χ1v) is 32.1. The highest BCUT2D eigenvalue weighted by molar-refractivity contribution is 7.80. The van der Waals surface area contributed by atoms with E-state index in [1.54, 1.807) is 18.3 Å². The highest BCUT2D eigenvalue weighted by atomic mass is 32.3. The Kier molecular flexibility index (Phi) is 23.8. The zero-order valence-electron chi connectivity index (χ0n) is 52.7. The summed E-state index contributed by atoms with van der Waals surface area (Å²) in [6, 6.07) is 51.6. The molecule has 3 atom stereocenters. The number of carboxylic acid groups (broad SMARTS) is 1. The second-order valence-electron chi connectivity index (χ2n) is 23.1. The molecule has 25 nitrogen and oxygen atoms in total. The van der Waals surface area contributed by atoms with Gasteiger partial charge < -0.3 is 66.2 Å². The zero-order valence-corrected chi connectivity index (χ0v) is 54.3. The number of oxime groups is 1. The quantitative estimate of drug-likeness (QED) is 0.00671. The number of aliphatic hydroxyl groups is 2. The minimum Gasteiger partial charge on any atom is -0.530 e. The normalized spacial score (nSPS) is 14.5. The molecule has 3 aromatic heterocycles. The number of carbonyl (C=O) groups excluding carboxylic acids is 3. The Labute approximate surface area is 549 Å². The second-order valence-corrected chi connectivity index (χ2v) is 25.0. The molecule has 3 amide bonds. The molecule has 0 saturated carbocycles. The van der Waals surface area contributed by atoms with Crippen molar-refractivity contribution in [1.82, 2.24) is 25.2 Å². The number of aliphatic hydroxyl groups excluding tert-OH is 2. The molecule has 8 aromatic rings. The van der Waals surface area contributed by atoms with Crippen molar-refractivity contribution in [3.8, 4) is 33.8 Å². The maximum atomic E-state index is 13.2. The first kappa shape index (κ1) is 70.3. The predicted octanol–water partition coefficient (Wildman–Crippen LogP) is 5.94. The van der Waals surface area contributed by atoms with E-state index < -0.39 is 69.8 Å². The molecule has 496 valence electrons. The number of thiazole rings is 1. The topological polar surface area (TPSA) is 352 Å². The summed E-state index contributed by atoms with van der Waals surface area (Å²) in [7, 11) is -3.05. The first-order chi connectivity index (χ1) is 44.9. The van der Waals surface area contributed by atoms with Crippen LogP contribution in [0.15, 0.2) is 187 Å². The van der Waals surface area contributed by atoms with Crippen LogP contribution in [-0.2, 0) is 46.5 Å². The van der Waals surface area contributed by atoms with Gasteiger partial charge in [-0.2, -0.15) is 13.5 Å². The summed E-state index contributed by atoms with van der Waals surface area (Å²) >= 11 is 1.02. The summed E-state index contributed by atoms with van der Waals surface area (Å²) in [5, 5.41) is 47.1. The van der Waals surface area contributed by atoms with Crippen molar-refractivity contribution < 1.29 is 70.6 Å². The number of hydrogen-bond acceptors (Lipinski definition) is 21. The number of amides is 3. The lowest BCUT2D eigenvalue weighted by Crippen LogP contribution is -2.76. The fourth-order valence-electron chi connectivity index (χ4n) is 10.00. The molecule has 9 rings (SSSR count). The van der Waals surface area contributed by atoms with Crippen molar-refractivity contribution >= 4 is 62.1 Å². The lowest BCUT2D eigenvalue weighted by Gasteiger charge is -2.50. The lowest BCUT2D eigenvalue weighted by molar-refractivity contribution is -0.656.